The average Bonchev–Trinajstić information content (AvgIpc) is 3.30. The highest BCUT2D eigenvalue weighted by Crippen LogP contribution is 2.12. The molecule has 1 N–H and O–H groups in total. The number of aromatic nitrogens is 6. The van der Waals surface area contributed by atoms with Crippen LogP contribution in [-0.4, -0.2) is 35.5 Å². The van der Waals surface area contributed by atoms with Crippen molar-refractivity contribution < 1.29 is 4.79 Å². The number of rotatable bonds is 4. The van der Waals surface area contributed by atoms with Crippen molar-refractivity contribution in [1.82, 2.24) is 34.9 Å². The van der Waals surface area contributed by atoms with E-state index in [1.54, 1.807) is 30.5 Å². The maximum absolute atomic E-state index is 12.4. The van der Waals surface area contributed by atoms with E-state index < -0.39 is 0 Å². The molecular weight excluding hydrogens is 318 g/mol. The summed E-state index contributed by atoms with van der Waals surface area (Å²) in [6.45, 7) is 2.41. The van der Waals surface area contributed by atoms with Crippen molar-refractivity contribution in [2.45, 2.75) is 13.5 Å². The molecule has 0 aliphatic heterocycles. The summed E-state index contributed by atoms with van der Waals surface area (Å²) in [7, 11) is 0. The summed E-state index contributed by atoms with van der Waals surface area (Å²) in [6, 6.07) is 11.0. The van der Waals surface area contributed by atoms with E-state index in [1.165, 1.54) is 11.0 Å². The zero-order chi connectivity index (χ0) is 17.2. The lowest BCUT2D eigenvalue weighted by molar-refractivity contribution is 0.0950. The van der Waals surface area contributed by atoms with Gasteiger partial charge in [0.1, 0.15) is 12.0 Å². The van der Waals surface area contributed by atoms with Crippen LogP contribution in [0.4, 0.5) is 0 Å². The first kappa shape index (κ1) is 15.0. The number of carbonyl (C=O) groups excluding carboxylic acids is 1. The summed E-state index contributed by atoms with van der Waals surface area (Å²) in [4.78, 5) is 16.8. The number of pyridine rings is 1. The Bertz CT molecular complexity index is 1020. The summed E-state index contributed by atoms with van der Waals surface area (Å²) in [5.74, 6) is -0.147. The second-order valence-electron chi connectivity index (χ2n) is 5.62. The molecule has 3 heterocycles. The van der Waals surface area contributed by atoms with Crippen LogP contribution in [0.5, 0.6) is 0 Å². The largest absolute Gasteiger partial charge is 0.346 e. The van der Waals surface area contributed by atoms with Crippen molar-refractivity contribution in [3.05, 3.63) is 71.9 Å². The number of nitrogens with one attached hydrogen (secondary N) is 1. The summed E-state index contributed by atoms with van der Waals surface area (Å²) >= 11 is 0. The van der Waals surface area contributed by atoms with Gasteiger partial charge >= 0.3 is 0 Å². The quantitative estimate of drug-likeness (QED) is 0.612. The van der Waals surface area contributed by atoms with Crippen molar-refractivity contribution in [3.63, 3.8) is 0 Å². The van der Waals surface area contributed by atoms with Gasteiger partial charge in [-0.05, 0) is 53.2 Å². The van der Waals surface area contributed by atoms with Crippen molar-refractivity contribution in [1.29, 1.82) is 0 Å². The molecule has 25 heavy (non-hydrogen) atoms. The molecule has 0 radical (unpaired) electrons. The van der Waals surface area contributed by atoms with Crippen LogP contribution in [0.25, 0.3) is 11.3 Å². The van der Waals surface area contributed by atoms with Crippen molar-refractivity contribution in [3.8, 4) is 5.69 Å². The van der Waals surface area contributed by atoms with Crippen molar-refractivity contribution in [2.24, 2.45) is 0 Å². The fourth-order valence-electron chi connectivity index (χ4n) is 2.65. The highest BCUT2D eigenvalue weighted by Gasteiger charge is 2.09. The number of imidazole rings is 1. The fraction of sp³-hybridized carbons (Fsp3) is 0.118. The Kier molecular flexibility index (Phi) is 3.70. The van der Waals surface area contributed by atoms with E-state index in [4.69, 9.17) is 0 Å². The Morgan fingerprint density at radius 3 is 2.80 bits per heavy atom. The van der Waals surface area contributed by atoms with E-state index in [-0.39, 0.29) is 5.91 Å². The second-order valence-corrected chi connectivity index (χ2v) is 5.62. The minimum atomic E-state index is -0.147. The maximum atomic E-state index is 12.4. The predicted octanol–water partition coefficient (Wildman–Crippen LogP) is 1.55. The Labute approximate surface area is 143 Å². The molecule has 0 fully saturated rings. The molecule has 3 aromatic heterocycles. The Morgan fingerprint density at radius 1 is 1.20 bits per heavy atom. The molecule has 0 bridgehead atoms. The highest BCUT2D eigenvalue weighted by molar-refractivity contribution is 5.94. The van der Waals surface area contributed by atoms with Crippen LogP contribution in [0, 0.1) is 6.92 Å². The smallest absolute Gasteiger partial charge is 0.251 e. The van der Waals surface area contributed by atoms with Gasteiger partial charge < -0.3 is 9.72 Å². The summed E-state index contributed by atoms with van der Waals surface area (Å²) in [5, 5.41) is 13.9. The molecule has 0 aliphatic carbocycles. The Hall–Kier alpha value is -3.55. The highest BCUT2D eigenvalue weighted by atomic mass is 16.1. The molecule has 0 aliphatic rings. The first-order chi connectivity index (χ1) is 12.2. The van der Waals surface area contributed by atoms with Crippen LogP contribution in [0.3, 0.4) is 0 Å². The number of hydrogen-bond acceptors (Lipinski definition) is 5. The number of tetrazole rings is 1. The molecule has 0 unspecified atom stereocenters. The van der Waals surface area contributed by atoms with Crippen LogP contribution in [0.1, 0.15) is 21.6 Å². The molecule has 0 spiro atoms. The third kappa shape index (κ3) is 2.85. The predicted molar refractivity (Wildman–Crippen MR) is 90.3 cm³/mol. The molecule has 8 nitrogen and oxygen atoms in total. The zero-order valence-electron chi connectivity index (χ0n) is 13.5. The van der Waals surface area contributed by atoms with Gasteiger partial charge in [0.15, 0.2) is 0 Å². The lowest BCUT2D eigenvalue weighted by atomic mass is 10.2. The van der Waals surface area contributed by atoms with Crippen LogP contribution < -0.4 is 5.32 Å². The third-order valence-electron chi connectivity index (χ3n) is 3.98. The van der Waals surface area contributed by atoms with Crippen LogP contribution in [-0.2, 0) is 6.54 Å². The minimum Gasteiger partial charge on any atom is -0.346 e. The molecule has 4 rings (SSSR count). The van der Waals surface area contributed by atoms with E-state index in [9.17, 15) is 4.79 Å². The minimum absolute atomic E-state index is 0.147. The number of amides is 1. The summed E-state index contributed by atoms with van der Waals surface area (Å²) < 4.78 is 3.51. The van der Waals surface area contributed by atoms with Gasteiger partial charge in [-0.25, -0.2) is 9.67 Å². The second kappa shape index (κ2) is 6.16. The molecule has 1 aromatic carbocycles. The van der Waals surface area contributed by atoms with Crippen LogP contribution >= 0.6 is 0 Å². The lowest BCUT2D eigenvalue weighted by Gasteiger charge is -2.07. The molecule has 0 saturated heterocycles. The van der Waals surface area contributed by atoms with Gasteiger partial charge in [0.2, 0.25) is 0 Å². The van der Waals surface area contributed by atoms with Gasteiger partial charge in [0.25, 0.3) is 5.91 Å². The number of benzene rings is 1. The first-order valence-corrected chi connectivity index (χ1v) is 7.75. The molecule has 124 valence electrons. The number of nitrogens with zero attached hydrogens (tertiary/aromatic N) is 6. The molecule has 0 saturated carbocycles. The fourth-order valence-corrected chi connectivity index (χ4v) is 2.65. The van der Waals surface area contributed by atoms with E-state index in [2.05, 4.69) is 25.8 Å². The van der Waals surface area contributed by atoms with Crippen molar-refractivity contribution >= 4 is 11.6 Å². The Morgan fingerprint density at radius 2 is 2.04 bits per heavy atom. The third-order valence-corrected chi connectivity index (χ3v) is 3.98. The molecular formula is C17H15N7O. The van der Waals surface area contributed by atoms with Crippen LogP contribution in [0.2, 0.25) is 0 Å². The van der Waals surface area contributed by atoms with E-state index in [1.807, 2.05) is 29.7 Å². The Balaban J connectivity index is 1.47. The maximum Gasteiger partial charge on any atom is 0.251 e. The van der Waals surface area contributed by atoms with Crippen LogP contribution in [0.15, 0.2) is 55.1 Å². The van der Waals surface area contributed by atoms with Gasteiger partial charge in [-0.15, -0.1) is 5.10 Å². The monoisotopic (exact) mass is 333 g/mol. The van der Waals surface area contributed by atoms with E-state index >= 15 is 0 Å². The normalized spacial score (nSPS) is 10.9. The lowest BCUT2D eigenvalue weighted by Crippen LogP contribution is -2.23. The van der Waals surface area contributed by atoms with Crippen molar-refractivity contribution in [2.75, 3.05) is 0 Å². The van der Waals surface area contributed by atoms with Gasteiger partial charge in [-0.1, -0.05) is 6.07 Å². The first-order valence-electron chi connectivity index (χ1n) is 7.75. The molecule has 1 amide bonds. The van der Waals surface area contributed by atoms with Gasteiger partial charge in [0, 0.05) is 11.8 Å². The number of hydrogen-bond donors (Lipinski definition) is 1. The van der Waals surface area contributed by atoms with Gasteiger partial charge in [-0.2, -0.15) is 0 Å². The van der Waals surface area contributed by atoms with E-state index in [0.29, 0.717) is 12.1 Å². The standard InChI is InChI=1S/C17H15N7O/c1-12-3-2-8-23-15(9-18-16(12)23)10-19-17(25)13-4-6-14(7-5-13)24-11-20-21-22-24/h2-9,11H,10H2,1H3,(H,19,25). The number of aryl methyl sites for hydroxylation is 1. The van der Waals surface area contributed by atoms with E-state index in [0.717, 1.165) is 22.6 Å². The topological polar surface area (TPSA) is 90.0 Å². The van der Waals surface area contributed by atoms with Gasteiger partial charge in [0.05, 0.1) is 24.1 Å². The summed E-state index contributed by atoms with van der Waals surface area (Å²) in [5.41, 5.74) is 4.29. The molecule has 0 atom stereocenters. The average molecular weight is 333 g/mol. The van der Waals surface area contributed by atoms with Gasteiger partial charge in [-0.3, -0.25) is 4.79 Å². The number of fused-ring (bicyclic) bond motifs is 1. The summed E-state index contributed by atoms with van der Waals surface area (Å²) in [6.07, 6.45) is 5.23. The SMILES string of the molecule is Cc1cccn2c(CNC(=O)c3ccc(-n4cnnn4)cc3)cnc12. The molecule has 4 aromatic rings. The zero-order valence-corrected chi connectivity index (χ0v) is 13.5. The molecule has 8 heteroatoms. The number of carbonyl (C=O) groups is 1.